The first-order valence-electron chi connectivity index (χ1n) is 8.59. The maximum atomic E-state index is 12.7. The van der Waals surface area contributed by atoms with E-state index in [1.807, 2.05) is 24.3 Å². The highest BCUT2D eigenvalue weighted by Crippen LogP contribution is 2.27. The average molecular weight is 340 g/mol. The monoisotopic (exact) mass is 340 g/mol. The van der Waals surface area contributed by atoms with Crippen LogP contribution in [0.5, 0.6) is 5.75 Å². The summed E-state index contributed by atoms with van der Waals surface area (Å²) in [5.74, 6) is 1.09. The lowest BCUT2D eigenvalue weighted by Crippen LogP contribution is -2.40. The molecule has 1 aromatic heterocycles. The Labute approximate surface area is 147 Å². The minimum absolute atomic E-state index is 0.119. The van der Waals surface area contributed by atoms with E-state index in [-0.39, 0.29) is 18.0 Å². The van der Waals surface area contributed by atoms with Gasteiger partial charge < -0.3 is 21.1 Å². The summed E-state index contributed by atoms with van der Waals surface area (Å²) in [4.78, 5) is 17.0. The molecule has 1 heterocycles. The van der Waals surface area contributed by atoms with E-state index in [1.54, 1.807) is 25.4 Å². The SMILES string of the molecule is COc1ccccc1Nc1ncccc1C(=O)NC1CCC(N)CC1. The minimum Gasteiger partial charge on any atom is -0.495 e. The molecule has 0 unspecified atom stereocenters. The second-order valence-electron chi connectivity index (χ2n) is 6.31. The molecule has 1 aliphatic carbocycles. The second-order valence-corrected chi connectivity index (χ2v) is 6.31. The predicted octanol–water partition coefficient (Wildman–Crippen LogP) is 2.83. The molecule has 4 N–H and O–H groups in total. The third kappa shape index (κ3) is 4.28. The summed E-state index contributed by atoms with van der Waals surface area (Å²) in [6.07, 6.45) is 5.40. The number of hydrogen-bond acceptors (Lipinski definition) is 5. The van der Waals surface area contributed by atoms with Crippen LogP contribution in [-0.4, -0.2) is 30.1 Å². The van der Waals surface area contributed by atoms with Crippen LogP contribution < -0.4 is 21.1 Å². The molecule has 1 amide bonds. The normalized spacial score (nSPS) is 19.9. The van der Waals surface area contributed by atoms with Crippen LogP contribution in [0.15, 0.2) is 42.6 Å². The lowest BCUT2D eigenvalue weighted by molar-refractivity contribution is 0.0926. The number of benzene rings is 1. The molecule has 0 saturated heterocycles. The molecule has 132 valence electrons. The van der Waals surface area contributed by atoms with Gasteiger partial charge in [0.15, 0.2) is 0 Å². The Hall–Kier alpha value is -2.60. The van der Waals surface area contributed by atoms with E-state index in [2.05, 4.69) is 15.6 Å². The van der Waals surface area contributed by atoms with E-state index in [0.29, 0.717) is 17.1 Å². The van der Waals surface area contributed by atoms with Gasteiger partial charge in [0, 0.05) is 18.3 Å². The van der Waals surface area contributed by atoms with Gasteiger partial charge in [-0.2, -0.15) is 0 Å². The van der Waals surface area contributed by atoms with Crippen LogP contribution in [0.1, 0.15) is 36.0 Å². The Bertz CT molecular complexity index is 727. The fourth-order valence-electron chi connectivity index (χ4n) is 3.09. The molecule has 2 aromatic rings. The average Bonchev–Trinajstić information content (AvgIpc) is 2.64. The zero-order chi connectivity index (χ0) is 17.6. The first-order valence-corrected chi connectivity index (χ1v) is 8.59. The number of hydrogen-bond donors (Lipinski definition) is 3. The summed E-state index contributed by atoms with van der Waals surface area (Å²) in [6, 6.07) is 11.5. The zero-order valence-corrected chi connectivity index (χ0v) is 14.4. The van der Waals surface area contributed by atoms with Crippen molar-refractivity contribution in [3.8, 4) is 5.75 Å². The standard InChI is InChI=1S/C19H24N4O2/c1-25-17-7-3-2-6-16(17)23-18-15(5-4-12-21-18)19(24)22-14-10-8-13(20)9-11-14/h2-7,12-14H,8-11,20H2,1H3,(H,21,23)(H,22,24). The molecule has 0 spiro atoms. The van der Waals surface area contributed by atoms with E-state index < -0.39 is 0 Å². The van der Waals surface area contributed by atoms with Gasteiger partial charge in [0.05, 0.1) is 18.4 Å². The Kier molecular flexibility index (Phi) is 5.50. The van der Waals surface area contributed by atoms with Gasteiger partial charge in [-0.05, 0) is 49.9 Å². The first kappa shape index (κ1) is 17.2. The maximum absolute atomic E-state index is 12.7. The van der Waals surface area contributed by atoms with Crippen molar-refractivity contribution in [2.75, 3.05) is 12.4 Å². The summed E-state index contributed by atoms with van der Waals surface area (Å²) in [6.45, 7) is 0. The maximum Gasteiger partial charge on any atom is 0.255 e. The van der Waals surface area contributed by atoms with Gasteiger partial charge in [0.2, 0.25) is 0 Å². The molecule has 3 rings (SSSR count). The molecule has 1 saturated carbocycles. The Morgan fingerprint density at radius 1 is 1.16 bits per heavy atom. The van der Waals surface area contributed by atoms with Crippen molar-refractivity contribution in [2.45, 2.75) is 37.8 Å². The largest absolute Gasteiger partial charge is 0.495 e. The van der Waals surface area contributed by atoms with E-state index in [0.717, 1.165) is 31.4 Å². The zero-order valence-electron chi connectivity index (χ0n) is 14.4. The van der Waals surface area contributed by atoms with E-state index >= 15 is 0 Å². The van der Waals surface area contributed by atoms with Crippen molar-refractivity contribution in [1.29, 1.82) is 0 Å². The highest BCUT2D eigenvalue weighted by Gasteiger charge is 2.22. The van der Waals surface area contributed by atoms with E-state index in [4.69, 9.17) is 10.5 Å². The molecule has 6 heteroatoms. The Morgan fingerprint density at radius 2 is 1.92 bits per heavy atom. The van der Waals surface area contributed by atoms with Crippen molar-refractivity contribution in [2.24, 2.45) is 5.73 Å². The molecular weight excluding hydrogens is 316 g/mol. The second kappa shape index (κ2) is 7.98. The molecule has 1 fully saturated rings. The van der Waals surface area contributed by atoms with Gasteiger partial charge >= 0.3 is 0 Å². The first-order chi connectivity index (χ1) is 12.2. The number of para-hydroxylation sites is 2. The molecule has 0 bridgehead atoms. The summed E-state index contributed by atoms with van der Waals surface area (Å²) in [7, 11) is 1.61. The topological polar surface area (TPSA) is 89.3 Å². The van der Waals surface area contributed by atoms with Crippen molar-refractivity contribution in [1.82, 2.24) is 10.3 Å². The smallest absolute Gasteiger partial charge is 0.255 e. The number of nitrogens with two attached hydrogens (primary N) is 1. The van der Waals surface area contributed by atoms with Crippen molar-refractivity contribution in [3.63, 3.8) is 0 Å². The fraction of sp³-hybridized carbons (Fsp3) is 0.368. The van der Waals surface area contributed by atoms with E-state index in [9.17, 15) is 4.79 Å². The van der Waals surface area contributed by atoms with Gasteiger partial charge in [0.25, 0.3) is 5.91 Å². The van der Waals surface area contributed by atoms with Crippen LogP contribution >= 0.6 is 0 Å². The quantitative estimate of drug-likeness (QED) is 0.779. The molecular formula is C19H24N4O2. The highest BCUT2D eigenvalue weighted by molar-refractivity contribution is 5.99. The molecule has 0 atom stereocenters. The molecule has 6 nitrogen and oxygen atoms in total. The van der Waals surface area contributed by atoms with Crippen LogP contribution in [0.3, 0.4) is 0 Å². The molecule has 0 radical (unpaired) electrons. The fourth-order valence-corrected chi connectivity index (χ4v) is 3.09. The molecule has 1 aromatic carbocycles. The Morgan fingerprint density at radius 3 is 2.68 bits per heavy atom. The number of anilines is 2. The lowest BCUT2D eigenvalue weighted by atomic mass is 9.91. The number of carbonyl (C=O) groups is 1. The van der Waals surface area contributed by atoms with Crippen LogP contribution in [0.4, 0.5) is 11.5 Å². The van der Waals surface area contributed by atoms with Crippen molar-refractivity contribution >= 4 is 17.4 Å². The minimum atomic E-state index is -0.119. The van der Waals surface area contributed by atoms with Gasteiger partial charge in [-0.1, -0.05) is 12.1 Å². The lowest BCUT2D eigenvalue weighted by Gasteiger charge is -2.27. The number of nitrogens with one attached hydrogen (secondary N) is 2. The third-order valence-electron chi connectivity index (χ3n) is 4.52. The van der Waals surface area contributed by atoms with Gasteiger partial charge in [0.1, 0.15) is 11.6 Å². The predicted molar refractivity (Wildman–Crippen MR) is 98.2 cm³/mol. The molecule has 0 aliphatic heterocycles. The van der Waals surface area contributed by atoms with Crippen LogP contribution in [0.2, 0.25) is 0 Å². The highest BCUT2D eigenvalue weighted by atomic mass is 16.5. The number of rotatable bonds is 5. The summed E-state index contributed by atoms with van der Waals surface area (Å²) < 4.78 is 5.35. The van der Waals surface area contributed by atoms with Gasteiger partial charge in [-0.3, -0.25) is 4.79 Å². The number of aromatic nitrogens is 1. The van der Waals surface area contributed by atoms with Gasteiger partial charge in [-0.25, -0.2) is 4.98 Å². The van der Waals surface area contributed by atoms with Gasteiger partial charge in [-0.15, -0.1) is 0 Å². The summed E-state index contributed by atoms with van der Waals surface area (Å²) in [5, 5.41) is 6.31. The molecule has 25 heavy (non-hydrogen) atoms. The van der Waals surface area contributed by atoms with Crippen LogP contribution in [0, 0.1) is 0 Å². The number of pyridine rings is 1. The number of amides is 1. The number of nitrogens with zero attached hydrogens (tertiary/aromatic N) is 1. The van der Waals surface area contributed by atoms with Crippen molar-refractivity contribution in [3.05, 3.63) is 48.2 Å². The van der Waals surface area contributed by atoms with E-state index in [1.165, 1.54) is 0 Å². The number of ether oxygens (including phenoxy) is 1. The Balaban J connectivity index is 1.75. The van der Waals surface area contributed by atoms with Crippen molar-refractivity contribution < 1.29 is 9.53 Å². The number of methoxy groups -OCH3 is 1. The third-order valence-corrected chi connectivity index (χ3v) is 4.52. The summed E-state index contributed by atoms with van der Waals surface area (Å²) >= 11 is 0. The number of carbonyl (C=O) groups excluding carboxylic acids is 1. The van der Waals surface area contributed by atoms with Crippen LogP contribution in [0.25, 0.3) is 0 Å². The van der Waals surface area contributed by atoms with Crippen LogP contribution in [-0.2, 0) is 0 Å². The molecule has 1 aliphatic rings. The summed E-state index contributed by atoms with van der Waals surface area (Å²) in [5.41, 5.74) is 7.21.